The SMILES string of the molecule is C#CC(CC)NC(C)c1ccc(C)c([N+](=O)[O-])c1. The van der Waals surface area contributed by atoms with Gasteiger partial charge in [0.15, 0.2) is 0 Å². The van der Waals surface area contributed by atoms with E-state index in [0.717, 1.165) is 12.0 Å². The summed E-state index contributed by atoms with van der Waals surface area (Å²) >= 11 is 0. The zero-order valence-corrected chi connectivity index (χ0v) is 10.9. The molecule has 18 heavy (non-hydrogen) atoms. The van der Waals surface area contributed by atoms with Crippen molar-refractivity contribution in [1.82, 2.24) is 5.32 Å². The van der Waals surface area contributed by atoms with Crippen LogP contribution < -0.4 is 5.32 Å². The number of terminal acetylenes is 1. The van der Waals surface area contributed by atoms with Gasteiger partial charge in [-0.25, -0.2) is 0 Å². The Morgan fingerprint density at radius 2 is 2.22 bits per heavy atom. The number of benzene rings is 1. The van der Waals surface area contributed by atoms with E-state index < -0.39 is 0 Å². The molecule has 0 saturated carbocycles. The molecule has 4 heteroatoms. The summed E-state index contributed by atoms with van der Waals surface area (Å²) < 4.78 is 0. The lowest BCUT2D eigenvalue weighted by molar-refractivity contribution is -0.385. The number of aryl methyl sites for hydroxylation is 1. The molecule has 2 atom stereocenters. The molecule has 0 aliphatic heterocycles. The van der Waals surface area contributed by atoms with Crippen LogP contribution in [0.5, 0.6) is 0 Å². The summed E-state index contributed by atoms with van der Waals surface area (Å²) in [7, 11) is 0. The third-order valence-electron chi connectivity index (χ3n) is 2.99. The van der Waals surface area contributed by atoms with Gasteiger partial charge in [-0.15, -0.1) is 6.42 Å². The highest BCUT2D eigenvalue weighted by atomic mass is 16.6. The van der Waals surface area contributed by atoms with Crippen LogP contribution in [-0.2, 0) is 0 Å². The maximum Gasteiger partial charge on any atom is 0.272 e. The van der Waals surface area contributed by atoms with E-state index in [4.69, 9.17) is 6.42 Å². The fourth-order valence-corrected chi connectivity index (χ4v) is 1.77. The van der Waals surface area contributed by atoms with Gasteiger partial charge >= 0.3 is 0 Å². The Kier molecular flexibility index (Phi) is 4.87. The minimum absolute atomic E-state index is 0.00898. The summed E-state index contributed by atoms with van der Waals surface area (Å²) in [4.78, 5) is 10.5. The van der Waals surface area contributed by atoms with Gasteiger partial charge in [-0.05, 0) is 25.8 Å². The van der Waals surface area contributed by atoms with E-state index >= 15 is 0 Å². The molecule has 0 spiro atoms. The van der Waals surface area contributed by atoms with Crippen LogP contribution in [0.15, 0.2) is 18.2 Å². The van der Waals surface area contributed by atoms with Gasteiger partial charge in [-0.2, -0.15) is 0 Å². The molecular weight excluding hydrogens is 228 g/mol. The molecule has 0 saturated heterocycles. The minimum Gasteiger partial charge on any atom is -0.297 e. The van der Waals surface area contributed by atoms with Crippen molar-refractivity contribution in [2.75, 3.05) is 0 Å². The molecule has 0 aliphatic carbocycles. The molecule has 0 radical (unpaired) electrons. The van der Waals surface area contributed by atoms with E-state index in [2.05, 4.69) is 11.2 Å². The van der Waals surface area contributed by atoms with Crippen molar-refractivity contribution in [3.8, 4) is 12.3 Å². The first-order valence-electron chi connectivity index (χ1n) is 5.96. The first-order valence-corrected chi connectivity index (χ1v) is 5.96. The van der Waals surface area contributed by atoms with Crippen molar-refractivity contribution < 1.29 is 4.92 Å². The van der Waals surface area contributed by atoms with Crippen LogP contribution in [0.4, 0.5) is 5.69 Å². The number of nitrogens with zero attached hydrogens (tertiary/aromatic N) is 1. The molecule has 1 N–H and O–H groups in total. The maximum atomic E-state index is 10.9. The van der Waals surface area contributed by atoms with Crippen LogP contribution in [-0.4, -0.2) is 11.0 Å². The lowest BCUT2D eigenvalue weighted by Gasteiger charge is -2.18. The molecular formula is C14H18N2O2. The second kappa shape index (κ2) is 6.18. The predicted octanol–water partition coefficient (Wildman–Crippen LogP) is 2.97. The maximum absolute atomic E-state index is 10.9. The highest BCUT2D eigenvalue weighted by Gasteiger charge is 2.15. The number of nitrogens with one attached hydrogen (secondary N) is 1. The third kappa shape index (κ3) is 3.31. The normalized spacial score (nSPS) is 13.7. The Morgan fingerprint density at radius 1 is 1.56 bits per heavy atom. The zero-order chi connectivity index (χ0) is 13.7. The molecule has 2 unspecified atom stereocenters. The Morgan fingerprint density at radius 3 is 2.72 bits per heavy atom. The number of hydrogen-bond acceptors (Lipinski definition) is 3. The molecule has 0 bridgehead atoms. The van der Waals surface area contributed by atoms with E-state index in [-0.39, 0.29) is 22.7 Å². The van der Waals surface area contributed by atoms with Gasteiger partial charge in [0, 0.05) is 17.7 Å². The van der Waals surface area contributed by atoms with Crippen LogP contribution in [0.3, 0.4) is 0 Å². The lowest BCUT2D eigenvalue weighted by atomic mass is 10.0. The van der Waals surface area contributed by atoms with Gasteiger partial charge in [0.2, 0.25) is 0 Å². The van der Waals surface area contributed by atoms with E-state index in [1.54, 1.807) is 19.1 Å². The number of nitro groups is 1. The van der Waals surface area contributed by atoms with E-state index in [9.17, 15) is 10.1 Å². The second-order valence-electron chi connectivity index (χ2n) is 4.32. The van der Waals surface area contributed by atoms with Crippen LogP contribution in [0.25, 0.3) is 0 Å². The van der Waals surface area contributed by atoms with Gasteiger partial charge in [0.1, 0.15) is 0 Å². The molecule has 1 aromatic rings. The average molecular weight is 246 g/mol. The molecule has 1 rings (SSSR count). The second-order valence-corrected chi connectivity index (χ2v) is 4.32. The summed E-state index contributed by atoms with van der Waals surface area (Å²) in [5.74, 6) is 2.66. The lowest BCUT2D eigenvalue weighted by Crippen LogP contribution is -2.29. The standard InChI is InChI=1S/C14H18N2O2/c1-5-13(6-2)15-11(4)12-8-7-10(3)14(9-12)16(17)18/h1,7-9,11,13,15H,6H2,2-4H3. The van der Waals surface area contributed by atoms with E-state index in [0.29, 0.717) is 5.56 Å². The van der Waals surface area contributed by atoms with Crippen LogP contribution in [0, 0.1) is 29.4 Å². The highest BCUT2D eigenvalue weighted by Crippen LogP contribution is 2.23. The largest absolute Gasteiger partial charge is 0.297 e. The molecule has 0 heterocycles. The van der Waals surface area contributed by atoms with Crippen molar-refractivity contribution in [1.29, 1.82) is 0 Å². The van der Waals surface area contributed by atoms with Gasteiger partial charge in [-0.3, -0.25) is 15.4 Å². The van der Waals surface area contributed by atoms with Gasteiger partial charge in [0.25, 0.3) is 5.69 Å². The monoisotopic (exact) mass is 246 g/mol. The van der Waals surface area contributed by atoms with Crippen molar-refractivity contribution >= 4 is 5.69 Å². The fraction of sp³-hybridized carbons (Fsp3) is 0.429. The van der Waals surface area contributed by atoms with Gasteiger partial charge in [-0.1, -0.05) is 25.0 Å². The van der Waals surface area contributed by atoms with Crippen LogP contribution in [0.1, 0.15) is 37.4 Å². The summed E-state index contributed by atoms with van der Waals surface area (Å²) in [5.41, 5.74) is 1.69. The minimum atomic E-state index is -0.357. The predicted molar refractivity (Wildman–Crippen MR) is 72.3 cm³/mol. The summed E-state index contributed by atoms with van der Waals surface area (Å²) in [6.07, 6.45) is 6.22. The average Bonchev–Trinajstić information content (AvgIpc) is 2.35. The molecule has 0 fully saturated rings. The number of hydrogen-bond donors (Lipinski definition) is 1. The molecule has 0 amide bonds. The number of rotatable bonds is 5. The Labute approximate surface area is 108 Å². The molecule has 4 nitrogen and oxygen atoms in total. The topological polar surface area (TPSA) is 55.2 Å². The Bertz CT molecular complexity index is 477. The Balaban J connectivity index is 2.93. The third-order valence-corrected chi connectivity index (χ3v) is 2.99. The Hall–Kier alpha value is -1.86. The van der Waals surface area contributed by atoms with Gasteiger partial charge < -0.3 is 0 Å². The zero-order valence-electron chi connectivity index (χ0n) is 10.9. The van der Waals surface area contributed by atoms with Crippen molar-refractivity contribution in [2.45, 2.75) is 39.3 Å². The first-order chi connectivity index (χ1) is 8.49. The quantitative estimate of drug-likeness (QED) is 0.493. The number of nitro benzene ring substituents is 1. The smallest absolute Gasteiger partial charge is 0.272 e. The molecule has 96 valence electrons. The van der Waals surface area contributed by atoms with E-state index in [1.807, 2.05) is 19.9 Å². The van der Waals surface area contributed by atoms with Crippen LogP contribution in [0.2, 0.25) is 0 Å². The summed E-state index contributed by atoms with van der Waals surface area (Å²) in [6, 6.07) is 5.24. The molecule has 0 aliphatic rings. The molecule has 0 aromatic heterocycles. The van der Waals surface area contributed by atoms with Crippen molar-refractivity contribution in [3.05, 3.63) is 39.4 Å². The first kappa shape index (κ1) is 14.2. The van der Waals surface area contributed by atoms with E-state index in [1.165, 1.54) is 0 Å². The van der Waals surface area contributed by atoms with Gasteiger partial charge in [0.05, 0.1) is 11.0 Å². The van der Waals surface area contributed by atoms with Crippen molar-refractivity contribution in [3.63, 3.8) is 0 Å². The summed E-state index contributed by atoms with van der Waals surface area (Å²) in [6.45, 7) is 5.69. The fourth-order valence-electron chi connectivity index (χ4n) is 1.77. The highest BCUT2D eigenvalue weighted by molar-refractivity contribution is 5.43. The summed E-state index contributed by atoms with van der Waals surface area (Å²) in [5, 5.41) is 14.1. The van der Waals surface area contributed by atoms with Crippen LogP contribution >= 0.6 is 0 Å². The van der Waals surface area contributed by atoms with Crippen molar-refractivity contribution in [2.24, 2.45) is 0 Å². The molecule has 1 aromatic carbocycles.